The number of thiazole rings is 1. The molecule has 8 nitrogen and oxygen atoms in total. The van der Waals surface area contributed by atoms with Crippen molar-refractivity contribution in [1.29, 1.82) is 0 Å². The van der Waals surface area contributed by atoms with E-state index in [0.717, 1.165) is 22.3 Å². The van der Waals surface area contributed by atoms with E-state index in [1.54, 1.807) is 11.3 Å². The van der Waals surface area contributed by atoms with E-state index in [9.17, 15) is 18.5 Å². The Balaban J connectivity index is 1.69. The zero-order chi connectivity index (χ0) is 21.0. The van der Waals surface area contributed by atoms with Gasteiger partial charge in [0.2, 0.25) is 10.0 Å². The summed E-state index contributed by atoms with van der Waals surface area (Å²) in [5.41, 5.74) is 3.09. The minimum absolute atomic E-state index is 0.153. The second-order valence-electron chi connectivity index (χ2n) is 6.33. The van der Waals surface area contributed by atoms with Crippen molar-refractivity contribution >= 4 is 32.7 Å². The first-order chi connectivity index (χ1) is 13.8. The van der Waals surface area contributed by atoms with Crippen LogP contribution in [-0.4, -0.2) is 31.9 Å². The number of nitrogens with one attached hydrogen (secondary N) is 2. The first-order valence-corrected chi connectivity index (χ1v) is 11.1. The number of rotatable bonds is 8. The number of nitro benzene ring substituents is 1. The molecule has 0 atom stereocenters. The van der Waals surface area contributed by atoms with E-state index in [2.05, 4.69) is 15.0 Å². The Hall–Kier alpha value is -2.82. The average Bonchev–Trinajstić information content (AvgIpc) is 3.17. The highest BCUT2D eigenvalue weighted by Crippen LogP contribution is 2.28. The maximum Gasteiger partial charge on any atom is 0.293 e. The van der Waals surface area contributed by atoms with Crippen molar-refractivity contribution in [3.05, 3.63) is 69.2 Å². The molecule has 0 aliphatic carbocycles. The Kier molecular flexibility index (Phi) is 6.26. The predicted octanol–water partition coefficient (Wildman–Crippen LogP) is 3.59. The number of aryl methyl sites for hydroxylation is 1. The Morgan fingerprint density at radius 1 is 1.17 bits per heavy atom. The first kappa shape index (κ1) is 20.9. The minimum Gasteiger partial charge on any atom is -0.379 e. The molecule has 2 aromatic carbocycles. The Labute approximate surface area is 172 Å². The van der Waals surface area contributed by atoms with Gasteiger partial charge in [0, 0.05) is 30.0 Å². The van der Waals surface area contributed by atoms with Crippen LogP contribution in [0.15, 0.2) is 52.7 Å². The van der Waals surface area contributed by atoms with Crippen molar-refractivity contribution in [2.24, 2.45) is 0 Å². The zero-order valence-corrected chi connectivity index (χ0v) is 17.5. The molecule has 152 valence electrons. The van der Waals surface area contributed by atoms with Crippen molar-refractivity contribution in [3.8, 4) is 10.6 Å². The molecule has 0 bridgehead atoms. The molecule has 3 aromatic rings. The summed E-state index contributed by atoms with van der Waals surface area (Å²) in [6, 6.07) is 11.9. The van der Waals surface area contributed by atoms with Gasteiger partial charge in [-0.3, -0.25) is 10.1 Å². The Morgan fingerprint density at radius 2 is 1.90 bits per heavy atom. The molecule has 29 heavy (non-hydrogen) atoms. The van der Waals surface area contributed by atoms with Crippen molar-refractivity contribution < 1.29 is 13.3 Å². The van der Waals surface area contributed by atoms with Gasteiger partial charge in [0.1, 0.15) is 10.7 Å². The summed E-state index contributed by atoms with van der Waals surface area (Å²) in [5.74, 6) is 0. The summed E-state index contributed by atoms with van der Waals surface area (Å²) >= 11 is 1.55. The third-order valence-corrected chi connectivity index (χ3v) is 6.64. The summed E-state index contributed by atoms with van der Waals surface area (Å²) in [6.07, 6.45) is 0.579. The topological polar surface area (TPSA) is 114 Å². The van der Waals surface area contributed by atoms with Gasteiger partial charge in [0.15, 0.2) is 0 Å². The van der Waals surface area contributed by atoms with E-state index in [-0.39, 0.29) is 16.3 Å². The molecule has 0 saturated heterocycles. The number of benzene rings is 2. The lowest BCUT2D eigenvalue weighted by molar-refractivity contribution is -0.384. The third kappa shape index (κ3) is 4.97. The predicted molar refractivity (Wildman–Crippen MR) is 114 cm³/mol. The van der Waals surface area contributed by atoms with Gasteiger partial charge in [-0.1, -0.05) is 29.8 Å². The van der Waals surface area contributed by atoms with Gasteiger partial charge in [0.05, 0.1) is 15.5 Å². The van der Waals surface area contributed by atoms with Crippen molar-refractivity contribution in [2.75, 3.05) is 18.9 Å². The van der Waals surface area contributed by atoms with Gasteiger partial charge in [-0.15, -0.1) is 11.3 Å². The number of sulfonamides is 1. The van der Waals surface area contributed by atoms with Crippen LogP contribution in [0.4, 0.5) is 11.4 Å². The smallest absolute Gasteiger partial charge is 0.293 e. The summed E-state index contributed by atoms with van der Waals surface area (Å²) < 4.78 is 25.9. The molecule has 10 heteroatoms. The van der Waals surface area contributed by atoms with Crippen molar-refractivity contribution in [2.45, 2.75) is 18.2 Å². The fraction of sp³-hybridized carbons (Fsp3) is 0.211. The molecule has 0 amide bonds. The van der Waals surface area contributed by atoms with Crippen LogP contribution in [0.5, 0.6) is 0 Å². The average molecular weight is 433 g/mol. The maximum atomic E-state index is 11.9. The summed E-state index contributed by atoms with van der Waals surface area (Å²) in [4.78, 5) is 15.2. The van der Waals surface area contributed by atoms with Crippen LogP contribution in [0, 0.1) is 17.0 Å². The summed E-state index contributed by atoms with van der Waals surface area (Å²) in [7, 11) is -2.50. The number of anilines is 1. The van der Waals surface area contributed by atoms with Crippen LogP contribution < -0.4 is 10.0 Å². The van der Waals surface area contributed by atoms with Crippen LogP contribution in [0.1, 0.15) is 11.3 Å². The fourth-order valence-corrected chi connectivity index (χ4v) is 4.28. The fourth-order valence-electron chi connectivity index (χ4n) is 2.67. The molecule has 1 aromatic heterocycles. The summed E-state index contributed by atoms with van der Waals surface area (Å²) in [6.45, 7) is 2.46. The van der Waals surface area contributed by atoms with E-state index in [4.69, 9.17) is 0 Å². The first-order valence-electron chi connectivity index (χ1n) is 8.77. The number of nitro groups is 1. The lowest BCUT2D eigenvalue weighted by Gasteiger charge is -2.08. The standard InChI is InChI=1S/C19H20N4O4S2/c1-13-3-5-14(6-4-13)19-22-15(12-28-19)9-10-21-17-8-7-16(29(26,27)20-2)11-18(17)23(24)25/h3-8,11-12,20-21H,9-10H2,1-2H3. The summed E-state index contributed by atoms with van der Waals surface area (Å²) in [5, 5.41) is 17.2. The highest BCUT2D eigenvalue weighted by molar-refractivity contribution is 7.89. The molecular weight excluding hydrogens is 412 g/mol. The van der Waals surface area contributed by atoms with Crippen molar-refractivity contribution in [1.82, 2.24) is 9.71 Å². The molecule has 0 unspecified atom stereocenters. The Bertz CT molecular complexity index is 1130. The second kappa shape index (κ2) is 8.68. The lowest BCUT2D eigenvalue weighted by Crippen LogP contribution is -2.19. The van der Waals surface area contributed by atoms with Gasteiger partial charge in [0.25, 0.3) is 5.69 Å². The molecular formula is C19H20N4O4S2. The Morgan fingerprint density at radius 3 is 2.55 bits per heavy atom. The minimum atomic E-state index is -3.75. The maximum absolute atomic E-state index is 11.9. The van der Waals surface area contributed by atoms with E-state index in [0.29, 0.717) is 13.0 Å². The van der Waals surface area contributed by atoms with Gasteiger partial charge in [-0.05, 0) is 26.1 Å². The van der Waals surface area contributed by atoms with E-state index in [1.807, 2.05) is 36.6 Å². The number of hydrogen-bond acceptors (Lipinski definition) is 7. The van der Waals surface area contributed by atoms with E-state index in [1.165, 1.54) is 24.7 Å². The molecule has 0 fully saturated rings. The van der Waals surface area contributed by atoms with Gasteiger partial charge < -0.3 is 5.32 Å². The molecule has 0 aliphatic rings. The highest BCUT2D eigenvalue weighted by atomic mass is 32.2. The van der Waals surface area contributed by atoms with E-state index < -0.39 is 14.9 Å². The molecule has 3 rings (SSSR count). The lowest BCUT2D eigenvalue weighted by atomic mass is 10.2. The molecule has 0 aliphatic heterocycles. The quantitative estimate of drug-likeness (QED) is 0.415. The van der Waals surface area contributed by atoms with Gasteiger partial charge in [-0.2, -0.15) is 0 Å². The van der Waals surface area contributed by atoms with Gasteiger partial charge in [-0.25, -0.2) is 18.1 Å². The largest absolute Gasteiger partial charge is 0.379 e. The number of nitrogens with zero attached hydrogens (tertiary/aromatic N) is 2. The van der Waals surface area contributed by atoms with E-state index >= 15 is 0 Å². The normalized spacial score (nSPS) is 11.4. The second-order valence-corrected chi connectivity index (χ2v) is 9.08. The highest BCUT2D eigenvalue weighted by Gasteiger charge is 2.20. The molecule has 0 radical (unpaired) electrons. The van der Waals surface area contributed by atoms with Gasteiger partial charge >= 0.3 is 0 Å². The van der Waals surface area contributed by atoms with Crippen LogP contribution in [0.25, 0.3) is 10.6 Å². The molecule has 2 N–H and O–H groups in total. The molecule has 0 spiro atoms. The monoisotopic (exact) mass is 432 g/mol. The zero-order valence-electron chi connectivity index (χ0n) is 15.9. The van der Waals surface area contributed by atoms with Crippen LogP contribution >= 0.6 is 11.3 Å². The van der Waals surface area contributed by atoms with Crippen LogP contribution in [0.2, 0.25) is 0 Å². The van der Waals surface area contributed by atoms with Crippen LogP contribution in [-0.2, 0) is 16.4 Å². The molecule has 1 heterocycles. The van der Waals surface area contributed by atoms with Crippen LogP contribution in [0.3, 0.4) is 0 Å². The number of aromatic nitrogens is 1. The third-order valence-electron chi connectivity index (χ3n) is 4.29. The number of hydrogen-bond donors (Lipinski definition) is 2. The molecule has 0 saturated carbocycles. The SMILES string of the molecule is CNS(=O)(=O)c1ccc(NCCc2csc(-c3ccc(C)cc3)n2)c([N+](=O)[O-])c1. The van der Waals surface area contributed by atoms with Crippen molar-refractivity contribution in [3.63, 3.8) is 0 Å².